The van der Waals surface area contributed by atoms with Crippen molar-refractivity contribution < 1.29 is 4.79 Å². The molecule has 1 aromatic heterocycles. The normalized spacial score (nSPS) is 20.8. The van der Waals surface area contributed by atoms with Crippen LogP contribution < -0.4 is 11.0 Å². The van der Waals surface area contributed by atoms with E-state index in [1.165, 1.54) is 4.57 Å². The molecule has 0 aromatic carbocycles. The van der Waals surface area contributed by atoms with Crippen molar-refractivity contribution in [2.75, 3.05) is 0 Å². The predicted molar refractivity (Wildman–Crippen MR) is 64.6 cm³/mol. The minimum absolute atomic E-state index is 0.102. The van der Waals surface area contributed by atoms with Gasteiger partial charge in [0.1, 0.15) is 6.04 Å². The molecule has 1 saturated heterocycles. The number of amides is 1. The highest BCUT2D eigenvalue weighted by Crippen LogP contribution is 2.20. The van der Waals surface area contributed by atoms with Crippen LogP contribution in [0.25, 0.3) is 0 Å². The summed E-state index contributed by atoms with van der Waals surface area (Å²) in [5.41, 5.74) is 0.593. The molecule has 2 rings (SSSR count). The summed E-state index contributed by atoms with van der Waals surface area (Å²) in [6.45, 7) is 7.60. The average molecular weight is 235 g/mol. The summed E-state index contributed by atoms with van der Waals surface area (Å²) < 4.78 is 3.12. The zero-order valence-electron chi connectivity index (χ0n) is 10.1. The van der Waals surface area contributed by atoms with Crippen LogP contribution >= 0.6 is 0 Å². The van der Waals surface area contributed by atoms with Crippen LogP contribution in [0, 0.1) is 0 Å². The molecule has 5 heteroatoms. The van der Waals surface area contributed by atoms with Crippen molar-refractivity contribution in [3.63, 3.8) is 0 Å². The Labute approximate surface area is 99.7 Å². The average Bonchev–Trinajstić information content (AvgIpc) is 2.60. The van der Waals surface area contributed by atoms with Crippen molar-refractivity contribution in [1.82, 2.24) is 14.5 Å². The van der Waals surface area contributed by atoms with E-state index in [0.29, 0.717) is 6.42 Å². The first-order chi connectivity index (χ1) is 8.00. The number of nitrogens with one attached hydrogen (secondary N) is 1. The van der Waals surface area contributed by atoms with Gasteiger partial charge in [0.2, 0.25) is 5.91 Å². The van der Waals surface area contributed by atoms with E-state index < -0.39 is 6.04 Å². The first-order valence-electron chi connectivity index (χ1n) is 5.78. The van der Waals surface area contributed by atoms with Crippen LogP contribution in [0.2, 0.25) is 0 Å². The number of carbonyl (C=O) groups excluding carboxylic acids is 1. The van der Waals surface area contributed by atoms with Crippen molar-refractivity contribution in [2.45, 2.75) is 38.8 Å². The molecule has 0 bridgehead atoms. The highest BCUT2D eigenvalue weighted by molar-refractivity contribution is 5.82. The molecule has 1 aromatic rings. The van der Waals surface area contributed by atoms with Crippen molar-refractivity contribution >= 4 is 5.91 Å². The summed E-state index contributed by atoms with van der Waals surface area (Å²) in [5.74, 6) is -0.148. The molecule has 1 aliphatic heterocycles. The number of allylic oxidation sites excluding steroid dienone is 1. The van der Waals surface area contributed by atoms with Crippen LogP contribution in [0.1, 0.15) is 38.8 Å². The summed E-state index contributed by atoms with van der Waals surface area (Å²) in [4.78, 5) is 23.9. The van der Waals surface area contributed by atoms with E-state index in [-0.39, 0.29) is 17.6 Å². The number of hydrogen-bond donors (Lipinski definition) is 1. The van der Waals surface area contributed by atoms with E-state index in [2.05, 4.69) is 11.9 Å². The third-order valence-electron chi connectivity index (χ3n) is 3.04. The van der Waals surface area contributed by atoms with Crippen molar-refractivity contribution in [1.29, 1.82) is 0 Å². The molecular weight excluding hydrogens is 218 g/mol. The molecule has 0 aliphatic carbocycles. The topological polar surface area (TPSA) is 56.0 Å². The van der Waals surface area contributed by atoms with Gasteiger partial charge in [-0.15, -0.1) is 0 Å². The largest absolute Gasteiger partial charge is 0.329 e. The number of hydrogen-bond acceptors (Lipinski definition) is 2. The Bertz CT molecular complexity index is 510. The van der Waals surface area contributed by atoms with Gasteiger partial charge < -0.3 is 5.32 Å². The van der Waals surface area contributed by atoms with E-state index in [0.717, 1.165) is 12.1 Å². The lowest BCUT2D eigenvalue weighted by Crippen LogP contribution is -2.40. The Hall–Kier alpha value is -1.78. The highest BCUT2D eigenvalue weighted by atomic mass is 16.2. The lowest BCUT2D eigenvalue weighted by Gasteiger charge is -2.23. The predicted octanol–water partition coefficient (Wildman–Crippen LogP) is 1.20. The first kappa shape index (κ1) is 11.7. The molecule has 92 valence electrons. The number of carbonyl (C=O) groups is 1. The number of rotatable bonds is 2. The minimum atomic E-state index is -0.409. The molecule has 1 fully saturated rings. The lowest BCUT2D eigenvalue weighted by molar-refractivity contribution is -0.124. The maximum atomic E-state index is 12.1. The fourth-order valence-corrected chi connectivity index (χ4v) is 2.06. The molecule has 1 N–H and O–H groups in total. The second-order valence-corrected chi connectivity index (χ2v) is 4.64. The van der Waals surface area contributed by atoms with E-state index in [1.54, 1.807) is 17.0 Å². The summed E-state index contributed by atoms with van der Waals surface area (Å²) >= 11 is 0. The van der Waals surface area contributed by atoms with E-state index in [4.69, 9.17) is 0 Å². The van der Waals surface area contributed by atoms with Gasteiger partial charge in [-0.1, -0.05) is 6.58 Å². The van der Waals surface area contributed by atoms with Crippen LogP contribution in [0.5, 0.6) is 0 Å². The van der Waals surface area contributed by atoms with Gasteiger partial charge in [-0.05, 0) is 26.7 Å². The van der Waals surface area contributed by atoms with Crippen molar-refractivity contribution in [2.24, 2.45) is 0 Å². The zero-order valence-corrected chi connectivity index (χ0v) is 10.1. The summed E-state index contributed by atoms with van der Waals surface area (Å²) in [5, 5.41) is 2.69. The van der Waals surface area contributed by atoms with Gasteiger partial charge in [-0.2, -0.15) is 0 Å². The Kier molecular flexibility index (Phi) is 2.92. The van der Waals surface area contributed by atoms with E-state index >= 15 is 0 Å². The van der Waals surface area contributed by atoms with Gasteiger partial charge in [0.25, 0.3) is 0 Å². The van der Waals surface area contributed by atoms with E-state index in [1.807, 2.05) is 13.8 Å². The van der Waals surface area contributed by atoms with Gasteiger partial charge in [0.15, 0.2) is 0 Å². The first-order valence-corrected chi connectivity index (χ1v) is 5.78. The third kappa shape index (κ3) is 2.05. The van der Waals surface area contributed by atoms with Crippen LogP contribution in [-0.2, 0) is 4.79 Å². The van der Waals surface area contributed by atoms with Crippen molar-refractivity contribution in [3.05, 3.63) is 35.2 Å². The Morgan fingerprint density at radius 2 is 2.12 bits per heavy atom. The van der Waals surface area contributed by atoms with Crippen LogP contribution in [0.3, 0.4) is 0 Å². The lowest BCUT2D eigenvalue weighted by atomic mass is 10.0. The third-order valence-corrected chi connectivity index (χ3v) is 3.04. The highest BCUT2D eigenvalue weighted by Gasteiger charge is 2.27. The van der Waals surface area contributed by atoms with Gasteiger partial charge in [-0.25, -0.2) is 4.79 Å². The maximum absolute atomic E-state index is 12.1. The molecule has 1 amide bonds. The second-order valence-electron chi connectivity index (χ2n) is 4.64. The number of imidazole rings is 1. The molecule has 1 atom stereocenters. The molecule has 2 heterocycles. The standard InChI is InChI=1S/C12H17N3O2/c1-8(2)14-6-7-15(12(14)17)10-5-4-9(3)13-11(10)16/h6-8,10H,3-5H2,1-2H3,(H,13,16). The van der Waals surface area contributed by atoms with Gasteiger partial charge in [0, 0.05) is 24.1 Å². The monoisotopic (exact) mass is 235 g/mol. The molecule has 1 aliphatic rings. The fraction of sp³-hybridized carbons (Fsp3) is 0.500. The smallest absolute Gasteiger partial charge is 0.329 e. The molecule has 5 nitrogen and oxygen atoms in total. The summed E-state index contributed by atoms with van der Waals surface area (Å²) in [6, 6.07) is -0.307. The van der Waals surface area contributed by atoms with Crippen LogP contribution in [-0.4, -0.2) is 15.0 Å². The second kappa shape index (κ2) is 4.24. The van der Waals surface area contributed by atoms with Gasteiger partial charge >= 0.3 is 5.69 Å². The molecule has 1 unspecified atom stereocenters. The SMILES string of the molecule is C=C1CCC(n2ccn(C(C)C)c2=O)C(=O)N1. The summed E-state index contributed by atoms with van der Waals surface area (Å²) in [7, 11) is 0. The Morgan fingerprint density at radius 3 is 2.65 bits per heavy atom. The van der Waals surface area contributed by atoms with Gasteiger partial charge in [0.05, 0.1) is 0 Å². The van der Waals surface area contributed by atoms with Crippen LogP contribution in [0.15, 0.2) is 29.5 Å². The number of piperidine rings is 1. The fourth-order valence-electron chi connectivity index (χ4n) is 2.06. The number of nitrogens with zero attached hydrogens (tertiary/aromatic N) is 2. The van der Waals surface area contributed by atoms with Crippen LogP contribution in [0.4, 0.5) is 0 Å². The van der Waals surface area contributed by atoms with Crippen molar-refractivity contribution in [3.8, 4) is 0 Å². The van der Waals surface area contributed by atoms with Gasteiger partial charge in [-0.3, -0.25) is 13.9 Å². The molecule has 0 saturated carbocycles. The Morgan fingerprint density at radius 1 is 1.41 bits per heavy atom. The summed E-state index contributed by atoms with van der Waals surface area (Å²) in [6.07, 6.45) is 4.76. The molecule has 17 heavy (non-hydrogen) atoms. The zero-order chi connectivity index (χ0) is 12.6. The molecule has 0 spiro atoms. The maximum Gasteiger partial charge on any atom is 0.329 e. The quantitative estimate of drug-likeness (QED) is 0.837. The number of aromatic nitrogens is 2. The van der Waals surface area contributed by atoms with E-state index in [9.17, 15) is 9.59 Å². The molecule has 0 radical (unpaired) electrons. The minimum Gasteiger partial charge on any atom is -0.329 e. The molecular formula is C12H17N3O2. The Balaban J connectivity index is 2.32.